The molecule has 1 aliphatic carbocycles. The molecule has 6 heteroatoms. The Hall–Kier alpha value is -2.13. The summed E-state index contributed by atoms with van der Waals surface area (Å²) in [5.41, 5.74) is 0.536. The van der Waals surface area contributed by atoms with Crippen LogP contribution in [0.3, 0.4) is 0 Å². The quantitative estimate of drug-likeness (QED) is 0.812. The van der Waals surface area contributed by atoms with E-state index >= 15 is 0 Å². The van der Waals surface area contributed by atoms with Crippen molar-refractivity contribution in [2.45, 2.75) is 31.8 Å². The van der Waals surface area contributed by atoms with E-state index in [0.29, 0.717) is 17.4 Å². The number of carboxylic acid groups (broad SMARTS) is 1. The summed E-state index contributed by atoms with van der Waals surface area (Å²) in [7, 11) is 0. The van der Waals surface area contributed by atoms with Crippen LogP contribution in [0.5, 0.6) is 0 Å². The molecule has 0 radical (unpaired) electrons. The fraction of sp³-hybridized carbons (Fsp3) is 0.500. The lowest BCUT2D eigenvalue weighted by atomic mass is 9.85. The van der Waals surface area contributed by atoms with Gasteiger partial charge in [-0.15, -0.1) is 0 Å². The summed E-state index contributed by atoms with van der Waals surface area (Å²) in [4.78, 5) is 16.9. The molecule has 1 saturated carbocycles. The van der Waals surface area contributed by atoms with Gasteiger partial charge in [-0.05, 0) is 31.5 Å². The van der Waals surface area contributed by atoms with Gasteiger partial charge in [-0.1, -0.05) is 6.92 Å². The lowest BCUT2D eigenvalue weighted by Gasteiger charge is -2.42. The van der Waals surface area contributed by atoms with Crippen LogP contribution in [0.15, 0.2) is 18.3 Å². The zero-order valence-corrected chi connectivity index (χ0v) is 11.4. The van der Waals surface area contributed by atoms with Crippen molar-refractivity contribution in [1.82, 2.24) is 9.88 Å². The van der Waals surface area contributed by atoms with E-state index in [9.17, 15) is 4.79 Å². The average Bonchev–Trinajstić information content (AvgIpc) is 2.40. The monoisotopic (exact) mass is 274 g/mol. The number of hydrogen-bond donors (Lipinski definition) is 2. The normalized spacial score (nSPS) is 21.1. The summed E-state index contributed by atoms with van der Waals surface area (Å²) < 4.78 is 0. The Balaban J connectivity index is 1.87. The highest BCUT2D eigenvalue weighted by Crippen LogP contribution is 2.28. The van der Waals surface area contributed by atoms with E-state index in [1.165, 1.54) is 0 Å². The molecular formula is C14H18N4O2. The molecule has 0 aromatic carbocycles. The molecule has 0 aliphatic heterocycles. The number of aromatic nitrogens is 1. The van der Waals surface area contributed by atoms with Gasteiger partial charge in [0.2, 0.25) is 0 Å². The van der Waals surface area contributed by atoms with Gasteiger partial charge in [0.05, 0.1) is 12.1 Å². The van der Waals surface area contributed by atoms with Crippen LogP contribution in [0.25, 0.3) is 0 Å². The molecule has 0 bridgehead atoms. The Kier molecular flexibility index (Phi) is 4.53. The van der Waals surface area contributed by atoms with Crippen LogP contribution < -0.4 is 5.32 Å². The third-order valence-electron chi connectivity index (χ3n) is 3.64. The first kappa shape index (κ1) is 14.3. The van der Waals surface area contributed by atoms with Gasteiger partial charge in [-0.2, -0.15) is 5.26 Å². The highest BCUT2D eigenvalue weighted by atomic mass is 16.4. The molecule has 2 N–H and O–H groups in total. The van der Waals surface area contributed by atoms with Crippen molar-refractivity contribution in [3.8, 4) is 6.07 Å². The minimum atomic E-state index is -0.792. The second-order valence-corrected chi connectivity index (χ2v) is 4.93. The van der Waals surface area contributed by atoms with Crippen molar-refractivity contribution in [3.05, 3.63) is 23.9 Å². The van der Waals surface area contributed by atoms with Gasteiger partial charge >= 0.3 is 5.97 Å². The topological polar surface area (TPSA) is 89.2 Å². The van der Waals surface area contributed by atoms with Crippen molar-refractivity contribution in [2.75, 3.05) is 18.4 Å². The van der Waals surface area contributed by atoms with Crippen LogP contribution in [0, 0.1) is 11.3 Å². The van der Waals surface area contributed by atoms with E-state index in [2.05, 4.69) is 16.4 Å². The Morgan fingerprint density at radius 1 is 1.65 bits per heavy atom. The maximum absolute atomic E-state index is 10.8. The third-order valence-corrected chi connectivity index (χ3v) is 3.64. The lowest BCUT2D eigenvalue weighted by Crippen LogP contribution is -2.51. The molecule has 0 unspecified atom stereocenters. The number of nitrogens with one attached hydrogen (secondary N) is 1. The number of aliphatic carboxylic acids is 1. The molecule has 1 fully saturated rings. The SMILES string of the molecule is CCN(CC(=O)O)C1CC(Nc2ncccc2C#N)C1. The second kappa shape index (κ2) is 6.35. The minimum absolute atomic E-state index is 0.0842. The van der Waals surface area contributed by atoms with Crippen molar-refractivity contribution >= 4 is 11.8 Å². The van der Waals surface area contributed by atoms with Crippen LogP contribution in [-0.4, -0.2) is 46.1 Å². The largest absolute Gasteiger partial charge is 0.480 e. The number of likely N-dealkylation sites (N-methyl/N-ethyl adjacent to an activating group) is 1. The summed E-state index contributed by atoms with van der Waals surface area (Å²) in [6.07, 6.45) is 3.41. The molecule has 1 aromatic heterocycles. The number of pyridine rings is 1. The number of carboxylic acids is 1. The predicted molar refractivity (Wildman–Crippen MR) is 74.3 cm³/mol. The highest BCUT2D eigenvalue weighted by molar-refractivity contribution is 5.69. The van der Waals surface area contributed by atoms with Gasteiger partial charge in [0, 0.05) is 18.3 Å². The number of carbonyl (C=O) groups is 1. The molecule has 106 valence electrons. The van der Waals surface area contributed by atoms with Crippen molar-refractivity contribution in [2.24, 2.45) is 0 Å². The fourth-order valence-electron chi connectivity index (χ4n) is 2.48. The molecule has 0 spiro atoms. The first-order chi connectivity index (χ1) is 9.63. The average molecular weight is 274 g/mol. The number of anilines is 1. The smallest absolute Gasteiger partial charge is 0.317 e. The van der Waals surface area contributed by atoms with Gasteiger partial charge in [-0.25, -0.2) is 4.98 Å². The first-order valence-electron chi connectivity index (χ1n) is 6.71. The highest BCUT2D eigenvalue weighted by Gasteiger charge is 2.34. The van der Waals surface area contributed by atoms with Crippen molar-refractivity contribution < 1.29 is 9.90 Å². The Morgan fingerprint density at radius 2 is 2.40 bits per heavy atom. The number of nitrogens with zero attached hydrogens (tertiary/aromatic N) is 3. The molecule has 6 nitrogen and oxygen atoms in total. The molecule has 0 atom stereocenters. The van der Waals surface area contributed by atoms with E-state index in [4.69, 9.17) is 10.4 Å². The predicted octanol–water partition coefficient (Wildman–Crippen LogP) is 1.30. The summed E-state index contributed by atoms with van der Waals surface area (Å²) >= 11 is 0. The van der Waals surface area contributed by atoms with Crippen LogP contribution in [0.4, 0.5) is 5.82 Å². The van der Waals surface area contributed by atoms with Crippen LogP contribution in [0.2, 0.25) is 0 Å². The van der Waals surface area contributed by atoms with Gasteiger partial charge in [-0.3, -0.25) is 9.69 Å². The summed E-state index contributed by atoms with van der Waals surface area (Å²) in [5.74, 6) is -0.181. The van der Waals surface area contributed by atoms with Gasteiger partial charge < -0.3 is 10.4 Å². The molecule has 1 aromatic rings. The summed E-state index contributed by atoms with van der Waals surface area (Å²) in [5, 5.41) is 21.1. The zero-order chi connectivity index (χ0) is 14.5. The lowest BCUT2D eigenvalue weighted by molar-refractivity contribution is -0.139. The molecular weight excluding hydrogens is 256 g/mol. The number of hydrogen-bond acceptors (Lipinski definition) is 5. The van der Waals surface area contributed by atoms with Gasteiger partial charge in [0.1, 0.15) is 11.9 Å². The Morgan fingerprint density at radius 3 is 3.00 bits per heavy atom. The summed E-state index contributed by atoms with van der Waals surface area (Å²) in [6, 6.07) is 6.12. The van der Waals surface area contributed by atoms with Crippen LogP contribution >= 0.6 is 0 Å². The minimum Gasteiger partial charge on any atom is -0.480 e. The summed E-state index contributed by atoms with van der Waals surface area (Å²) in [6.45, 7) is 2.79. The molecule has 20 heavy (non-hydrogen) atoms. The molecule has 1 aliphatic rings. The maximum Gasteiger partial charge on any atom is 0.317 e. The van der Waals surface area contributed by atoms with Crippen LogP contribution in [-0.2, 0) is 4.79 Å². The number of nitriles is 1. The van der Waals surface area contributed by atoms with Crippen LogP contribution in [0.1, 0.15) is 25.3 Å². The van der Waals surface area contributed by atoms with E-state index in [1.807, 2.05) is 11.8 Å². The van der Waals surface area contributed by atoms with Gasteiger partial charge in [0.25, 0.3) is 0 Å². The zero-order valence-electron chi connectivity index (χ0n) is 11.4. The first-order valence-corrected chi connectivity index (χ1v) is 6.71. The third kappa shape index (κ3) is 3.25. The standard InChI is InChI=1S/C14H18N4O2/c1-2-18(9-13(19)20)12-6-11(7-12)17-14-10(8-15)4-3-5-16-14/h3-5,11-12H,2,6-7,9H2,1H3,(H,16,17)(H,19,20). The molecule has 2 rings (SSSR count). The molecule has 0 amide bonds. The maximum atomic E-state index is 10.8. The van der Waals surface area contributed by atoms with E-state index in [1.54, 1.807) is 18.3 Å². The Bertz CT molecular complexity index is 520. The van der Waals surface area contributed by atoms with Crippen molar-refractivity contribution in [3.63, 3.8) is 0 Å². The van der Waals surface area contributed by atoms with Gasteiger partial charge in [0.15, 0.2) is 0 Å². The van der Waals surface area contributed by atoms with Crippen molar-refractivity contribution in [1.29, 1.82) is 5.26 Å². The van der Waals surface area contributed by atoms with E-state index < -0.39 is 5.97 Å². The Labute approximate surface area is 118 Å². The fourth-order valence-corrected chi connectivity index (χ4v) is 2.48. The second-order valence-electron chi connectivity index (χ2n) is 4.93. The molecule has 1 heterocycles. The van der Waals surface area contributed by atoms with E-state index in [0.717, 1.165) is 19.4 Å². The number of rotatable bonds is 6. The molecule has 0 saturated heterocycles. The van der Waals surface area contributed by atoms with E-state index in [-0.39, 0.29) is 12.6 Å².